The largest absolute Gasteiger partial charge is 0.378 e. The zero-order valence-corrected chi connectivity index (χ0v) is 6.89. The summed E-state index contributed by atoms with van der Waals surface area (Å²) in [7, 11) is 0. The van der Waals surface area contributed by atoms with Crippen LogP contribution in [0.15, 0.2) is 18.2 Å². The standard InChI is InChI=1S/C9H9F2NO/c10-8-2-1-6(3-9(8)11)12-7-4-13-5-7/h1-3,7,12H,4-5H2. The highest BCUT2D eigenvalue weighted by Crippen LogP contribution is 2.15. The van der Waals surface area contributed by atoms with E-state index in [2.05, 4.69) is 5.32 Å². The van der Waals surface area contributed by atoms with Crippen molar-refractivity contribution < 1.29 is 13.5 Å². The van der Waals surface area contributed by atoms with Gasteiger partial charge in [0.1, 0.15) is 0 Å². The number of ether oxygens (including phenoxy) is 1. The van der Waals surface area contributed by atoms with Crippen LogP contribution >= 0.6 is 0 Å². The van der Waals surface area contributed by atoms with Gasteiger partial charge in [0.15, 0.2) is 11.6 Å². The topological polar surface area (TPSA) is 21.3 Å². The van der Waals surface area contributed by atoms with Crippen molar-refractivity contribution >= 4 is 5.69 Å². The van der Waals surface area contributed by atoms with Crippen molar-refractivity contribution in [3.05, 3.63) is 29.8 Å². The smallest absolute Gasteiger partial charge is 0.160 e. The summed E-state index contributed by atoms with van der Waals surface area (Å²) in [5.41, 5.74) is 0.590. The molecule has 2 rings (SSSR count). The zero-order valence-electron chi connectivity index (χ0n) is 6.89. The summed E-state index contributed by atoms with van der Waals surface area (Å²) in [6.07, 6.45) is 0. The second-order valence-corrected chi connectivity index (χ2v) is 3.01. The van der Waals surface area contributed by atoms with Crippen LogP contribution in [0.3, 0.4) is 0 Å². The van der Waals surface area contributed by atoms with Gasteiger partial charge < -0.3 is 10.1 Å². The molecule has 0 aromatic heterocycles. The Hall–Kier alpha value is -1.16. The number of rotatable bonds is 2. The minimum atomic E-state index is -0.828. The van der Waals surface area contributed by atoms with Gasteiger partial charge in [-0.3, -0.25) is 0 Å². The average Bonchev–Trinajstić information content (AvgIpc) is 2.04. The lowest BCUT2D eigenvalue weighted by molar-refractivity contribution is 0.0211. The maximum Gasteiger partial charge on any atom is 0.160 e. The molecule has 0 saturated carbocycles. The average molecular weight is 185 g/mol. The zero-order chi connectivity index (χ0) is 9.26. The molecule has 1 N–H and O–H groups in total. The van der Waals surface area contributed by atoms with Crippen molar-refractivity contribution in [3.63, 3.8) is 0 Å². The molecule has 1 aromatic rings. The lowest BCUT2D eigenvalue weighted by Crippen LogP contribution is -2.40. The van der Waals surface area contributed by atoms with Crippen LogP contribution in [0.25, 0.3) is 0 Å². The summed E-state index contributed by atoms with van der Waals surface area (Å²) in [6, 6.07) is 3.99. The van der Waals surface area contributed by atoms with Gasteiger partial charge >= 0.3 is 0 Å². The van der Waals surface area contributed by atoms with E-state index in [4.69, 9.17) is 4.74 Å². The lowest BCUT2D eigenvalue weighted by Gasteiger charge is -2.27. The lowest BCUT2D eigenvalue weighted by atomic mass is 10.2. The monoisotopic (exact) mass is 185 g/mol. The van der Waals surface area contributed by atoms with Crippen LogP contribution in [0.4, 0.5) is 14.5 Å². The number of halogens is 2. The molecule has 4 heteroatoms. The van der Waals surface area contributed by atoms with Crippen LogP contribution in [-0.4, -0.2) is 19.3 Å². The van der Waals surface area contributed by atoms with Crippen molar-refractivity contribution in [3.8, 4) is 0 Å². The highest BCUT2D eigenvalue weighted by atomic mass is 19.2. The van der Waals surface area contributed by atoms with Crippen LogP contribution < -0.4 is 5.32 Å². The van der Waals surface area contributed by atoms with Crippen molar-refractivity contribution in [2.24, 2.45) is 0 Å². The first-order chi connectivity index (χ1) is 6.25. The van der Waals surface area contributed by atoms with Gasteiger partial charge in [0.25, 0.3) is 0 Å². The second-order valence-electron chi connectivity index (χ2n) is 3.01. The number of hydrogen-bond donors (Lipinski definition) is 1. The Morgan fingerprint density at radius 3 is 2.54 bits per heavy atom. The highest BCUT2D eigenvalue weighted by Gasteiger charge is 2.17. The second kappa shape index (κ2) is 3.30. The van der Waals surface area contributed by atoms with Crippen molar-refractivity contribution in [1.82, 2.24) is 0 Å². The van der Waals surface area contributed by atoms with Gasteiger partial charge in [-0.1, -0.05) is 0 Å². The van der Waals surface area contributed by atoms with Crippen LogP contribution in [-0.2, 0) is 4.74 Å². The van der Waals surface area contributed by atoms with Crippen LogP contribution in [0.5, 0.6) is 0 Å². The Morgan fingerprint density at radius 1 is 1.23 bits per heavy atom. The molecular formula is C9H9F2NO. The van der Waals surface area contributed by atoms with E-state index >= 15 is 0 Å². The molecule has 13 heavy (non-hydrogen) atoms. The highest BCUT2D eigenvalue weighted by molar-refractivity contribution is 5.44. The summed E-state index contributed by atoms with van der Waals surface area (Å²) >= 11 is 0. The molecule has 0 aliphatic carbocycles. The number of hydrogen-bond acceptors (Lipinski definition) is 2. The number of anilines is 1. The van der Waals surface area contributed by atoms with E-state index < -0.39 is 11.6 Å². The maximum atomic E-state index is 12.7. The van der Waals surface area contributed by atoms with E-state index in [0.29, 0.717) is 18.9 Å². The van der Waals surface area contributed by atoms with Crippen LogP contribution in [0.2, 0.25) is 0 Å². The third-order valence-electron chi connectivity index (χ3n) is 1.93. The Balaban J connectivity index is 2.07. The van der Waals surface area contributed by atoms with Crippen LogP contribution in [0, 0.1) is 11.6 Å². The minimum absolute atomic E-state index is 0.227. The van der Waals surface area contributed by atoms with E-state index in [0.717, 1.165) is 12.1 Å². The third-order valence-corrected chi connectivity index (χ3v) is 1.93. The predicted octanol–water partition coefficient (Wildman–Crippen LogP) is 1.78. The van der Waals surface area contributed by atoms with Gasteiger partial charge in [0.05, 0.1) is 19.3 Å². The molecule has 0 amide bonds. The van der Waals surface area contributed by atoms with E-state index in [1.807, 2.05) is 0 Å². The Morgan fingerprint density at radius 2 is 2.00 bits per heavy atom. The first-order valence-corrected chi connectivity index (χ1v) is 4.05. The fourth-order valence-electron chi connectivity index (χ4n) is 1.14. The van der Waals surface area contributed by atoms with E-state index in [-0.39, 0.29) is 6.04 Å². The molecule has 1 aliphatic rings. The normalized spacial score (nSPS) is 16.8. The quantitative estimate of drug-likeness (QED) is 0.758. The van der Waals surface area contributed by atoms with Gasteiger partial charge in [0.2, 0.25) is 0 Å². The molecular weight excluding hydrogens is 176 g/mol. The van der Waals surface area contributed by atoms with Gasteiger partial charge in [-0.2, -0.15) is 0 Å². The molecule has 1 fully saturated rings. The third kappa shape index (κ3) is 1.78. The fraction of sp³-hybridized carbons (Fsp3) is 0.333. The SMILES string of the molecule is Fc1ccc(NC2COC2)cc1F. The van der Waals surface area contributed by atoms with Gasteiger partial charge in [-0.15, -0.1) is 0 Å². The van der Waals surface area contributed by atoms with E-state index in [1.165, 1.54) is 6.07 Å². The molecule has 2 nitrogen and oxygen atoms in total. The molecule has 1 aliphatic heterocycles. The first-order valence-electron chi connectivity index (χ1n) is 4.05. The fourth-order valence-corrected chi connectivity index (χ4v) is 1.14. The Labute approximate surface area is 74.5 Å². The van der Waals surface area contributed by atoms with E-state index in [1.54, 1.807) is 0 Å². The molecule has 0 radical (unpaired) electrons. The first kappa shape index (κ1) is 8.44. The number of nitrogens with one attached hydrogen (secondary N) is 1. The summed E-state index contributed by atoms with van der Waals surface area (Å²) < 4.78 is 30.1. The van der Waals surface area contributed by atoms with Crippen molar-refractivity contribution in [2.75, 3.05) is 18.5 Å². The minimum Gasteiger partial charge on any atom is -0.378 e. The van der Waals surface area contributed by atoms with Gasteiger partial charge in [0, 0.05) is 11.8 Å². The maximum absolute atomic E-state index is 12.7. The van der Waals surface area contributed by atoms with E-state index in [9.17, 15) is 8.78 Å². The van der Waals surface area contributed by atoms with Crippen molar-refractivity contribution in [1.29, 1.82) is 0 Å². The molecule has 70 valence electrons. The molecule has 0 atom stereocenters. The summed E-state index contributed by atoms with van der Waals surface area (Å²) in [5, 5.41) is 3.01. The molecule has 0 spiro atoms. The summed E-state index contributed by atoms with van der Waals surface area (Å²) in [5.74, 6) is -1.65. The predicted molar refractivity (Wildman–Crippen MR) is 44.6 cm³/mol. The Bertz CT molecular complexity index is 312. The number of benzene rings is 1. The summed E-state index contributed by atoms with van der Waals surface area (Å²) in [4.78, 5) is 0. The molecule has 0 unspecified atom stereocenters. The van der Waals surface area contributed by atoms with Crippen LogP contribution in [0.1, 0.15) is 0 Å². The molecule has 1 heterocycles. The molecule has 1 aromatic carbocycles. The molecule has 0 bridgehead atoms. The molecule has 1 saturated heterocycles. The Kier molecular flexibility index (Phi) is 2.14. The van der Waals surface area contributed by atoms with Gasteiger partial charge in [-0.05, 0) is 12.1 Å². The summed E-state index contributed by atoms with van der Waals surface area (Å²) in [6.45, 7) is 1.25. The van der Waals surface area contributed by atoms with Crippen molar-refractivity contribution in [2.45, 2.75) is 6.04 Å². The van der Waals surface area contributed by atoms with Gasteiger partial charge in [-0.25, -0.2) is 8.78 Å².